The highest BCUT2D eigenvalue weighted by molar-refractivity contribution is 5.25. The molecule has 0 radical (unpaired) electrons. The Hall–Kier alpha value is -1.10. The molecule has 0 spiro atoms. The van der Waals surface area contributed by atoms with E-state index in [0.29, 0.717) is 6.04 Å². The molecule has 3 aliphatic rings. The molecule has 0 unspecified atom stereocenters. The van der Waals surface area contributed by atoms with Gasteiger partial charge in [-0.1, -0.05) is 5.10 Å². The number of hydrogen-bond donors (Lipinski definition) is 1. The fraction of sp³-hybridized carbons (Fsp3) is 0.857. The number of nitrogens with one attached hydrogen (secondary N) is 1. The summed E-state index contributed by atoms with van der Waals surface area (Å²) in [7, 11) is 0. The Morgan fingerprint density at radius 3 is 2.26 bits per heavy atom. The molecule has 4 rings (SSSR count). The molecule has 0 bridgehead atoms. The SMILES string of the molecule is C(NC1CC1)c1nnc(N(CC2CC2)CC2CC2)o1. The van der Waals surface area contributed by atoms with Crippen LogP contribution in [0.4, 0.5) is 6.01 Å². The van der Waals surface area contributed by atoms with E-state index >= 15 is 0 Å². The van der Waals surface area contributed by atoms with Crippen LogP contribution in [0.2, 0.25) is 0 Å². The lowest BCUT2D eigenvalue weighted by atomic mass is 10.3. The van der Waals surface area contributed by atoms with Crippen molar-refractivity contribution in [2.24, 2.45) is 11.8 Å². The maximum Gasteiger partial charge on any atom is 0.318 e. The molecule has 1 aromatic rings. The van der Waals surface area contributed by atoms with Crippen molar-refractivity contribution in [1.82, 2.24) is 15.5 Å². The molecule has 0 saturated heterocycles. The predicted molar refractivity (Wildman–Crippen MR) is 71.8 cm³/mol. The van der Waals surface area contributed by atoms with Gasteiger partial charge in [-0.3, -0.25) is 0 Å². The largest absolute Gasteiger partial charge is 0.407 e. The summed E-state index contributed by atoms with van der Waals surface area (Å²) in [4.78, 5) is 2.32. The van der Waals surface area contributed by atoms with E-state index in [1.54, 1.807) is 0 Å². The third kappa shape index (κ3) is 3.26. The zero-order valence-corrected chi connectivity index (χ0v) is 11.3. The zero-order valence-electron chi connectivity index (χ0n) is 11.3. The number of anilines is 1. The Kier molecular flexibility index (Phi) is 2.94. The molecular weight excluding hydrogens is 240 g/mol. The van der Waals surface area contributed by atoms with Crippen molar-refractivity contribution in [1.29, 1.82) is 0 Å². The van der Waals surface area contributed by atoms with Gasteiger partial charge in [-0.05, 0) is 50.4 Å². The minimum Gasteiger partial charge on any atom is -0.407 e. The molecule has 3 saturated carbocycles. The van der Waals surface area contributed by atoms with Crippen LogP contribution in [-0.2, 0) is 6.54 Å². The van der Waals surface area contributed by atoms with Gasteiger partial charge in [0, 0.05) is 19.1 Å². The van der Waals surface area contributed by atoms with Crippen LogP contribution in [0, 0.1) is 11.8 Å². The summed E-state index contributed by atoms with van der Waals surface area (Å²) in [6.07, 6.45) is 8.04. The highest BCUT2D eigenvalue weighted by Crippen LogP contribution is 2.35. The molecule has 19 heavy (non-hydrogen) atoms. The maximum atomic E-state index is 5.82. The molecule has 5 heteroatoms. The average molecular weight is 262 g/mol. The van der Waals surface area contributed by atoms with Crippen molar-refractivity contribution < 1.29 is 4.42 Å². The van der Waals surface area contributed by atoms with Crippen LogP contribution < -0.4 is 10.2 Å². The summed E-state index contributed by atoms with van der Waals surface area (Å²) >= 11 is 0. The van der Waals surface area contributed by atoms with Gasteiger partial charge in [0.05, 0.1) is 6.54 Å². The Balaban J connectivity index is 1.38. The van der Waals surface area contributed by atoms with Crippen LogP contribution in [0.5, 0.6) is 0 Å². The molecule has 104 valence electrons. The lowest BCUT2D eigenvalue weighted by Gasteiger charge is -2.19. The third-order valence-corrected chi connectivity index (χ3v) is 4.20. The summed E-state index contributed by atoms with van der Waals surface area (Å²) in [6, 6.07) is 1.43. The van der Waals surface area contributed by atoms with E-state index in [0.717, 1.165) is 43.4 Å². The quantitative estimate of drug-likeness (QED) is 0.776. The lowest BCUT2D eigenvalue weighted by molar-refractivity contribution is 0.454. The van der Waals surface area contributed by atoms with Crippen molar-refractivity contribution in [3.05, 3.63) is 5.89 Å². The lowest BCUT2D eigenvalue weighted by Crippen LogP contribution is -2.28. The van der Waals surface area contributed by atoms with E-state index < -0.39 is 0 Å². The third-order valence-electron chi connectivity index (χ3n) is 4.20. The van der Waals surface area contributed by atoms with Crippen molar-refractivity contribution in [3.8, 4) is 0 Å². The minimum atomic E-state index is 0.685. The molecule has 1 aromatic heterocycles. The van der Waals surface area contributed by atoms with Gasteiger partial charge in [-0.15, -0.1) is 5.10 Å². The molecule has 1 N–H and O–H groups in total. The molecule has 3 fully saturated rings. The number of hydrogen-bond acceptors (Lipinski definition) is 5. The smallest absolute Gasteiger partial charge is 0.318 e. The zero-order chi connectivity index (χ0) is 12.7. The first kappa shape index (κ1) is 11.7. The van der Waals surface area contributed by atoms with Crippen LogP contribution in [0.15, 0.2) is 4.42 Å². The Labute approximate surface area is 113 Å². The molecule has 1 heterocycles. The fourth-order valence-corrected chi connectivity index (χ4v) is 2.42. The summed E-state index contributed by atoms with van der Waals surface area (Å²) in [5.41, 5.74) is 0. The summed E-state index contributed by atoms with van der Waals surface area (Å²) in [5, 5.41) is 11.8. The van der Waals surface area contributed by atoms with E-state index in [1.807, 2.05) is 0 Å². The van der Waals surface area contributed by atoms with Crippen LogP contribution in [0.3, 0.4) is 0 Å². The van der Waals surface area contributed by atoms with E-state index in [9.17, 15) is 0 Å². The first-order valence-corrected chi connectivity index (χ1v) is 7.67. The Morgan fingerprint density at radius 2 is 1.68 bits per heavy atom. The summed E-state index contributed by atoms with van der Waals surface area (Å²) in [6.45, 7) is 2.93. The second kappa shape index (κ2) is 4.78. The number of nitrogens with zero attached hydrogens (tertiary/aromatic N) is 3. The molecule has 0 amide bonds. The monoisotopic (exact) mass is 262 g/mol. The summed E-state index contributed by atoms with van der Waals surface area (Å²) < 4.78 is 5.82. The highest BCUT2D eigenvalue weighted by Gasteiger charge is 2.31. The first-order chi connectivity index (χ1) is 9.37. The van der Waals surface area contributed by atoms with Crippen molar-refractivity contribution in [2.45, 2.75) is 51.1 Å². The van der Waals surface area contributed by atoms with Gasteiger partial charge in [0.25, 0.3) is 0 Å². The van der Waals surface area contributed by atoms with Crippen LogP contribution in [0.25, 0.3) is 0 Å². The van der Waals surface area contributed by atoms with Gasteiger partial charge in [0.2, 0.25) is 5.89 Å². The molecule has 5 nitrogen and oxygen atoms in total. The molecule has 0 atom stereocenters. The minimum absolute atomic E-state index is 0.685. The maximum absolute atomic E-state index is 5.82. The van der Waals surface area contributed by atoms with Crippen LogP contribution in [0.1, 0.15) is 44.4 Å². The van der Waals surface area contributed by atoms with Crippen molar-refractivity contribution in [2.75, 3.05) is 18.0 Å². The van der Waals surface area contributed by atoms with Crippen LogP contribution >= 0.6 is 0 Å². The van der Waals surface area contributed by atoms with Gasteiger partial charge in [-0.2, -0.15) is 0 Å². The van der Waals surface area contributed by atoms with Gasteiger partial charge >= 0.3 is 6.01 Å². The van der Waals surface area contributed by atoms with Gasteiger partial charge in [0.15, 0.2) is 0 Å². The van der Waals surface area contributed by atoms with Crippen molar-refractivity contribution >= 4 is 6.01 Å². The van der Waals surface area contributed by atoms with Gasteiger partial charge < -0.3 is 14.6 Å². The van der Waals surface area contributed by atoms with E-state index in [4.69, 9.17) is 4.42 Å². The Bertz CT molecular complexity index is 420. The molecular formula is C14H22N4O. The molecule has 0 aliphatic heterocycles. The molecule has 0 aromatic carbocycles. The predicted octanol–water partition coefficient (Wildman–Crippen LogP) is 1.95. The van der Waals surface area contributed by atoms with Gasteiger partial charge in [-0.25, -0.2) is 0 Å². The van der Waals surface area contributed by atoms with E-state index in [2.05, 4.69) is 20.4 Å². The standard InChI is InChI=1S/C14H22N4O/c1-2-10(1)8-18(9-11-3-4-11)14-17-16-13(19-14)7-15-12-5-6-12/h10-12,15H,1-9H2. The Morgan fingerprint density at radius 1 is 1.00 bits per heavy atom. The van der Waals surface area contributed by atoms with E-state index in [1.165, 1.54) is 38.5 Å². The topological polar surface area (TPSA) is 54.2 Å². The second-order valence-corrected chi connectivity index (χ2v) is 6.43. The number of aromatic nitrogens is 2. The summed E-state index contributed by atoms with van der Waals surface area (Å²) in [5.74, 6) is 2.45. The highest BCUT2D eigenvalue weighted by atomic mass is 16.4. The molecule has 3 aliphatic carbocycles. The fourth-order valence-electron chi connectivity index (χ4n) is 2.42. The average Bonchev–Trinajstić information content (AvgIpc) is 3.24. The number of rotatable bonds is 8. The van der Waals surface area contributed by atoms with Gasteiger partial charge in [0.1, 0.15) is 0 Å². The van der Waals surface area contributed by atoms with Crippen molar-refractivity contribution in [3.63, 3.8) is 0 Å². The first-order valence-electron chi connectivity index (χ1n) is 7.67. The van der Waals surface area contributed by atoms with E-state index in [-0.39, 0.29) is 0 Å². The van der Waals surface area contributed by atoms with Crippen LogP contribution in [-0.4, -0.2) is 29.3 Å². The second-order valence-electron chi connectivity index (χ2n) is 6.43. The normalized spacial score (nSPS) is 22.7.